The molecule has 88 valence electrons. The van der Waals surface area contributed by atoms with Crippen LogP contribution in [-0.2, 0) is 4.79 Å². The molecule has 0 radical (unpaired) electrons. The van der Waals surface area contributed by atoms with Crippen molar-refractivity contribution >= 4 is 11.5 Å². The van der Waals surface area contributed by atoms with Crippen LogP contribution in [0.3, 0.4) is 0 Å². The highest BCUT2D eigenvalue weighted by atomic mass is 16.1. The lowest BCUT2D eigenvalue weighted by atomic mass is 9.96. The summed E-state index contributed by atoms with van der Waals surface area (Å²) < 4.78 is 0. The van der Waals surface area contributed by atoms with Gasteiger partial charge in [-0.1, -0.05) is 12.1 Å². The first-order chi connectivity index (χ1) is 7.32. The maximum Gasteiger partial charge on any atom is 0.132 e. The maximum atomic E-state index is 11.2. The Kier molecular flexibility index (Phi) is 3.74. The van der Waals surface area contributed by atoms with Crippen LogP contribution < -0.4 is 5.32 Å². The van der Waals surface area contributed by atoms with Gasteiger partial charge in [-0.25, -0.2) is 0 Å². The standard InChI is InChI=1S/C14H21NO/c1-10-7-6-8-13(12(10)3)15-14(4,5)9-11(2)16/h6-8,15H,9H2,1-5H3. The summed E-state index contributed by atoms with van der Waals surface area (Å²) in [7, 11) is 0. The summed E-state index contributed by atoms with van der Waals surface area (Å²) in [4.78, 5) is 11.2. The molecule has 0 aliphatic heterocycles. The van der Waals surface area contributed by atoms with Crippen LogP contribution in [0.1, 0.15) is 38.3 Å². The zero-order valence-corrected chi connectivity index (χ0v) is 10.8. The lowest BCUT2D eigenvalue weighted by Gasteiger charge is -2.27. The predicted molar refractivity (Wildman–Crippen MR) is 68.9 cm³/mol. The molecule has 2 nitrogen and oxygen atoms in total. The normalized spacial score (nSPS) is 11.3. The Bertz CT molecular complexity index is 394. The Hall–Kier alpha value is -1.31. The summed E-state index contributed by atoms with van der Waals surface area (Å²) in [5, 5.41) is 3.44. The fourth-order valence-corrected chi connectivity index (χ4v) is 1.92. The minimum atomic E-state index is -0.190. The van der Waals surface area contributed by atoms with Crippen molar-refractivity contribution in [3.8, 4) is 0 Å². The Labute approximate surface area is 98.1 Å². The van der Waals surface area contributed by atoms with Gasteiger partial charge in [0.05, 0.1) is 0 Å². The van der Waals surface area contributed by atoms with Crippen molar-refractivity contribution in [2.45, 2.75) is 46.6 Å². The van der Waals surface area contributed by atoms with Gasteiger partial charge in [0.2, 0.25) is 0 Å². The second-order valence-electron chi connectivity index (χ2n) is 5.14. The van der Waals surface area contributed by atoms with E-state index in [0.717, 1.165) is 5.69 Å². The van der Waals surface area contributed by atoms with Gasteiger partial charge in [0.1, 0.15) is 5.78 Å². The first-order valence-corrected chi connectivity index (χ1v) is 5.66. The van der Waals surface area contributed by atoms with E-state index in [1.165, 1.54) is 11.1 Å². The number of carbonyl (C=O) groups excluding carboxylic acids is 1. The molecule has 0 atom stereocenters. The highest BCUT2D eigenvalue weighted by Crippen LogP contribution is 2.23. The van der Waals surface area contributed by atoms with Crippen LogP contribution in [0, 0.1) is 13.8 Å². The molecule has 0 saturated carbocycles. The predicted octanol–water partition coefficient (Wildman–Crippen LogP) is 3.47. The summed E-state index contributed by atoms with van der Waals surface area (Å²) in [5.41, 5.74) is 3.44. The van der Waals surface area contributed by atoms with E-state index in [9.17, 15) is 4.79 Å². The highest BCUT2D eigenvalue weighted by Gasteiger charge is 2.20. The largest absolute Gasteiger partial charge is 0.379 e. The van der Waals surface area contributed by atoms with E-state index in [-0.39, 0.29) is 11.3 Å². The van der Waals surface area contributed by atoms with Crippen molar-refractivity contribution in [1.29, 1.82) is 0 Å². The molecule has 0 aliphatic rings. The third-order valence-corrected chi connectivity index (χ3v) is 2.77. The molecule has 1 rings (SSSR count). The van der Waals surface area contributed by atoms with Crippen LogP contribution in [0.2, 0.25) is 0 Å². The zero-order chi connectivity index (χ0) is 12.3. The quantitative estimate of drug-likeness (QED) is 0.840. The van der Waals surface area contributed by atoms with Crippen LogP contribution in [0.5, 0.6) is 0 Å². The number of rotatable bonds is 4. The fourth-order valence-electron chi connectivity index (χ4n) is 1.92. The van der Waals surface area contributed by atoms with Crippen molar-refractivity contribution < 1.29 is 4.79 Å². The van der Waals surface area contributed by atoms with Gasteiger partial charge in [0.15, 0.2) is 0 Å². The Morgan fingerprint density at radius 3 is 2.50 bits per heavy atom. The molecule has 2 heteroatoms. The molecular formula is C14H21NO. The summed E-state index contributed by atoms with van der Waals surface area (Å²) in [5.74, 6) is 0.211. The van der Waals surface area contributed by atoms with Crippen molar-refractivity contribution in [3.63, 3.8) is 0 Å². The van der Waals surface area contributed by atoms with Gasteiger partial charge in [-0.15, -0.1) is 0 Å². The Morgan fingerprint density at radius 1 is 1.31 bits per heavy atom. The second kappa shape index (κ2) is 4.69. The Balaban J connectivity index is 2.87. The van der Waals surface area contributed by atoms with Crippen LogP contribution in [-0.4, -0.2) is 11.3 Å². The van der Waals surface area contributed by atoms with Crippen molar-refractivity contribution in [2.24, 2.45) is 0 Å². The molecule has 1 aromatic carbocycles. The number of aryl methyl sites for hydroxylation is 1. The lowest BCUT2D eigenvalue weighted by Crippen LogP contribution is -2.33. The average Bonchev–Trinajstić information content (AvgIpc) is 2.10. The van der Waals surface area contributed by atoms with E-state index >= 15 is 0 Å². The highest BCUT2D eigenvalue weighted by molar-refractivity contribution is 5.77. The first kappa shape index (κ1) is 12.8. The maximum absolute atomic E-state index is 11.2. The first-order valence-electron chi connectivity index (χ1n) is 5.66. The van der Waals surface area contributed by atoms with Gasteiger partial charge in [-0.3, -0.25) is 4.79 Å². The number of ketones is 1. The van der Waals surface area contributed by atoms with Gasteiger partial charge in [-0.05, 0) is 51.8 Å². The number of nitrogens with one attached hydrogen (secondary N) is 1. The summed E-state index contributed by atoms with van der Waals surface area (Å²) in [6, 6.07) is 6.19. The van der Waals surface area contributed by atoms with Crippen LogP contribution in [0.15, 0.2) is 18.2 Å². The number of Topliss-reactive ketones (excluding diaryl/α,β-unsaturated/α-hetero) is 1. The molecule has 0 saturated heterocycles. The van der Waals surface area contributed by atoms with E-state index in [1.54, 1.807) is 6.92 Å². The van der Waals surface area contributed by atoms with Gasteiger partial charge < -0.3 is 5.32 Å². The minimum absolute atomic E-state index is 0.190. The van der Waals surface area contributed by atoms with Gasteiger partial charge in [-0.2, -0.15) is 0 Å². The number of hydrogen-bond donors (Lipinski definition) is 1. The smallest absolute Gasteiger partial charge is 0.132 e. The van der Waals surface area contributed by atoms with E-state index in [1.807, 2.05) is 6.07 Å². The van der Waals surface area contributed by atoms with Crippen molar-refractivity contribution in [3.05, 3.63) is 29.3 Å². The SMILES string of the molecule is CC(=O)CC(C)(C)Nc1cccc(C)c1C. The zero-order valence-electron chi connectivity index (χ0n) is 10.8. The molecule has 0 heterocycles. The van der Waals surface area contributed by atoms with E-state index in [4.69, 9.17) is 0 Å². The molecule has 0 unspecified atom stereocenters. The fraction of sp³-hybridized carbons (Fsp3) is 0.500. The summed E-state index contributed by atoms with van der Waals surface area (Å²) >= 11 is 0. The second-order valence-corrected chi connectivity index (χ2v) is 5.14. The number of hydrogen-bond acceptors (Lipinski definition) is 2. The van der Waals surface area contributed by atoms with Crippen LogP contribution in [0.4, 0.5) is 5.69 Å². The van der Waals surface area contributed by atoms with Crippen LogP contribution in [0.25, 0.3) is 0 Å². The molecule has 0 aliphatic carbocycles. The van der Waals surface area contributed by atoms with Crippen LogP contribution >= 0.6 is 0 Å². The number of anilines is 1. The monoisotopic (exact) mass is 219 g/mol. The van der Waals surface area contributed by atoms with E-state index < -0.39 is 0 Å². The molecule has 0 spiro atoms. The lowest BCUT2D eigenvalue weighted by molar-refractivity contribution is -0.117. The third-order valence-electron chi connectivity index (χ3n) is 2.77. The van der Waals surface area contributed by atoms with Crippen molar-refractivity contribution in [1.82, 2.24) is 0 Å². The minimum Gasteiger partial charge on any atom is -0.379 e. The molecule has 16 heavy (non-hydrogen) atoms. The third kappa shape index (κ3) is 3.37. The van der Waals surface area contributed by atoms with Crippen molar-refractivity contribution in [2.75, 3.05) is 5.32 Å². The molecule has 0 fully saturated rings. The Morgan fingerprint density at radius 2 is 1.94 bits per heavy atom. The summed E-state index contributed by atoms with van der Waals surface area (Å²) in [6.45, 7) is 9.93. The average molecular weight is 219 g/mol. The van der Waals surface area contributed by atoms with Gasteiger partial charge in [0, 0.05) is 17.6 Å². The topological polar surface area (TPSA) is 29.1 Å². The number of benzene rings is 1. The molecule has 1 N–H and O–H groups in total. The molecule has 1 aromatic rings. The summed E-state index contributed by atoms with van der Waals surface area (Å²) in [6.07, 6.45) is 0.542. The number of carbonyl (C=O) groups is 1. The van der Waals surface area contributed by atoms with E-state index in [0.29, 0.717) is 6.42 Å². The van der Waals surface area contributed by atoms with Gasteiger partial charge >= 0.3 is 0 Å². The molecule has 0 bridgehead atoms. The molecular weight excluding hydrogens is 198 g/mol. The van der Waals surface area contributed by atoms with Gasteiger partial charge in [0.25, 0.3) is 0 Å². The molecule has 0 amide bonds. The van der Waals surface area contributed by atoms with E-state index in [2.05, 4.69) is 45.1 Å². The molecule has 0 aromatic heterocycles.